The van der Waals surface area contributed by atoms with Crippen LogP contribution < -0.4 is 10.6 Å². The molecule has 0 aliphatic rings. The Labute approximate surface area is 247 Å². The number of carbonyl (C=O) groups is 3. The number of hydrogen-bond acceptors (Lipinski definition) is 7. The van der Waals surface area contributed by atoms with E-state index < -0.39 is 12.0 Å². The molecule has 2 amide bonds. The summed E-state index contributed by atoms with van der Waals surface area (Å²) in [5.41, 5.74) is 1.12. The quantitative estimate of drug-likeness (QED) is 0.136. The lowest BCUT2D eigenvalue weighted by Crippen LogP contribution is -2.32. The van der Waals surface area contributed by atoms with Gasteiger partial charge in [-0.15, -0.1) is 16.8 Å². The summed E-state index contributed by atoms with van der Waals surface area (Å²) in [4.78, 5) is 37.8. The van der Waals surface area contributed by atoms with Crippen molar-refractivity contribution in [2.75, 3.05) is 17.7 Å². The van der Waals surface area contributed by atoms with Gasteiger partial charge in [0.15, 0.2) is 11.0 Å². The van der Waals surface area contributed by atoms with Crippen molar-refractivity contribution < 1.29 is 19.1 Å². The molecule has 0 aliphatic carbocycles. The first kappa shape index (κ1) is 31.2. The first-order valence-corrected chi connectivity index (χ1v) is 14.4. The van der Waals surface area contributed by atoms with Crippen LogP contribution in [-0.2, 0) is 16.1 Å². The standard InChI is InChI=1S/C28H31Cl2N5O4S/c1-5-12-35-25(23(13-17(3)4)32-26(37)21-11-10-19(29)15-22(21)30)33-34-28(35)40-16-24(36)31-20-9-7-8-18(14-20)27(38)39-6-2/h5,7-11,14-15,17,23H,1,6,12-13,16H2,2-4H3,(H,31,36)(H,32,37)/t23-/m1/s1. The molecule has 0 unspecified atom stereocenters. The van der Waals surface area contributed by atoms with Gasteiger partial charge >= 0.3 is 5.97 Å². The fraction of sp³-hybridized carbons (Fsp3) is 0.321. The molecule has 3 rings (SSSR count). The average molecular weight is 605 g/mol. The van der Waals surface area contributed by atoms with Crippen LogP contribution in [0.3, 0.4) is 0 Å². The maximum absolute atomic E-state index is 13.1. The van der Waals surface area contributed by atoms with Gasteiger partial charge in [0, 0.05) is 17.3 Å². The largest absolute Gasteiger partial charge is 0.462 e. The Morgan fingerprint density at radius 3 is 2.60 bits per heavy atom. The van der Waals surface area contributed by atoms with E-state index in [-0.39, 0.29) is 35.1 Å². The molecule has 40 heavy (non-hydrogen) atoms. The number of rotatable bonds is 13. The Balaban J connectivity index is 1.75. The fourth-order valence-electron chi connectivity index (χ4n) is 3.84. The smallest absolute Gasteiger partial charge is 0.338 e. The number of thioether (sulfide) groups is 1. The summed E-state index contributed by atoms with van der Waals surface area (Å²) in [7, 11) is 0. The summed E-state index contributed by atoms with van der Waals surface area (Å²) in [6.45, 7) is 10.3. The first-order valence-electron chi connectivity index (χ1n) is 12.6. The minimum Gasteiger partial charge on any atom is -0.462 e. The zero-order valence-electron chi connectivity index (χ0n) is 22.4. The lowest BCUT2D eigenvalue weighted by molar-refractivity contribution is -0.113. The molecule has 0 aliphatic heterocycles. The number of aromatic nitrogens is 3. The number of amides is 2. The number of esters is 1. The Hall–Kier alpha value is -3.34. The second-order valence-corrected chi connectivity index (χ2v) is 10.9. The molecule has 212 valence electrons. The molecule has 9 nitrogen and oxygen atoms in total. The number of benzene rings is 2. The van der Waals surface area contributed by atoms with Crippen molar-refractivity contribution in [3.63, 3.8) is 0 Å². The van der Waals surface area contributed by atoms with Crippen molar-refractivity contribution in [3.05, 3.63) is 82.1 Å². The predicted octanol–water partition coefficient (Wildman–Crippen LogP) is 6.20. The van der Waals surface area contributed by atoms with Crippen LogP contribution in [0.2, 0.25) is 10.0 Å². The highest BCUT2D eigenvalue weighted by atomic mass is 35.5. The van der Waals surface area contributed by atoms with Gasteiger partial charge in [-0.2, -0.15) is 0 Å². The van der Waals surface area contributed by atoms with Gasteiger partial charge in [-0.1, -0.05) is 61.0 Å². The lowest BCUT2D eigenvalue weighted by atomic mass is 10.0. The molecule has 2 N–H and O–H groups in total. The number of allylic oxidation sites excluding steroid dienone is 1. The molecule has 0 saturated heterocycles. The highest BCUT2D eigenvalue weighted by Gasteiger charge is 2.25. The van der Waals surface area contributed by atoms with Gasteiger partial charge in [0.1, 0.15) is 0 Å². The SMILES string of the molecule is C=CCn1c(SCC(=O)Nc2cccc(C(=O)OCC)c2)nnc1[C@@H](CC(C)C)NC(=O)c1ccc(Cl)cc1Cl. The van der Waals surface area contributed by atoms with Crippen molar-refractivity contribution in [1.29, 1.82) is 0 Å². The van der Waals surface area contributed by atoms with Gasteiger partial charge in [0.25, 0.3) is 5.91 Å². The number of ether oxygens (including phenoxy) is 1. The van der Waals surface area contributed by atoms with Crippen molar-refractivity contribution in [2.24, 2.45) is 5.92 Å². The Morgan fingerprint density at radius 1 is 1.15 bits per heavy atom. The van der Waals surface area contributed by atoms with Gasteiger partial charge in [0.05, 0.1) is 34.6 Å². The highest BCUT2D eigenvalue weighted by molar-refractivity contribution is 7.99. The van der Waals surface area contributed by atoms with Crippen LogP contribution in [0.5, 0.6) is 0 Å². The molecular weight excluding hydrogens is 573 g/mol. The predicted molar refractivity (Wildman–Crippen MR) is 158 cm³/mol. The molecule has 1 aromatic heterocycles. The molecule has 0 spiro atoms. The van der Waals surface area contributed by atoms with Crippen molar-refractivity contribution in [1.82, 2.24) is 20.1 Å². The highest BCUT2D eigenvalue weighted by Crippen LogP contribution is 2.27. The molecule has 0 radical (unpaired) electrons. The monoisotopic (exact) mass is 603 g/mol. The van der Waals surface area contributed by atoms with E-state index in [1.807, 2.05) is 18.4 Å². The molecule has 1 heterocycles. The van der Waals surface area contributed by atoms with Crippen molar-refractivity contribution in [2.45, 2.75) is 44.9 Å². The zero-order valence-corrected chi connectivity index (χ0v) is 24.8. The van der Waals surface area contributed by atoms with Gasteiger partial charge in [0.2, 0.25) is 5.91 Å². The summed E-state index contributed by atoms with van der Waals surface area (Å²) in [6.07, 6.45) is 2.29. The molecule has 3 aromatic rings. The first-order chi connectivity index (χ1) is 19.1. The van der Waals surface area contributed by atoms with Crippen molar-refractivity contribution in [3.8, 4) is 0 Å². The van der Waals surface area contributed by atoms with E-state index in [1.165, 1.54) is 17.8 Å². The van der Waals surface area contributed by atoms with Crippen LogP contribution in [0.25, 0.3) is 0 Å². The van der Waals surface area contributed by atoms with Gasteiger partial charge < -0.3 is 19.9 Å². The van der Waals surface area contributed by atoms with Crippen LogP contribution in [-0.4, -0.2) is 44.9 Å². The second-order valence-electron chi connectivity index (χ2n) is 9.16. The van der Waals surface area contributed by atoms with Gasteiger partial charge in [-0.25, -0.2) is 4.79 Å². The molecule has 0 saturated carbocycles. The summed E-state index contributed by atoms with van der Waals surface area (Å²) in [6, 6.07) is 10.8. The maximum atomic E-state index is 13.1. The second kappa shape index (κ2) is 14.9. The molecule has 0 bridgehead atoms. The summed E-state index contributed by atoms with van der Waals surface area (Å²) >= 11 is 13.4. The summed E-state index contributed by atoms with van der Waals surface area (Å²) < 4.78 is 6.84. The third-order valence-electron chi connectivity index (χ3n) is 5.55. The Morgan fingerprint density at radius 2 is 1.93 bits per heavy atom. The lowest BCUT2D eigenvalue weighted by Gasteiger charge is -2.21. The summed E-state index contributed by atoms with van der Waals surface area (Å²) in [5.74, 6) is -0.298. The molecule has 12 heteroatoms. The minimum absolute atomic E-state index is 0.0422. The van der Waals surface area contributed by atoms with Crippen LogP contribution in [0.1, 0.15) is 59.8 Å². The van der Waals surface area contributed by atoms with Crippen LogP contribution in [0.15, 0.2) is 60.3 Å². The van der Waals surface area contributed by atoms with E-state index in [4.69, 9.17) is 27.9 Å². The number of hydrogen-bond donors (Lipinski definition) is 2. The van der Waals surface area contributed by atoms with E-state index in [0.29, 0.717) is 45.8 Å². The number of halogens is 2. The number of nitrogens with zero attached hydrogens (tertiary/aromatic N) is 3. The van der Waals surface area contributed by atoms with Gasteiger partial charge in [-0.05, 0) is 55.7 Å². The van der Waals surface area contributed by atoms with E-state index in [9.17, 15) is 14.4 Å². The minimum atomic E-state index is -0.472. The van der Waals surface area contributed by atoms with E-state index >= 15 is 0 Å². The maximum Gasteiger partial charge on any atom is 0.338 e. The van der Waals surface area contributed by atoms with Crippen LogP contribution in [0, 0.1) is 5.92 Å². The zero-order chi connectivity index (χ0) is 29.2. The molecule has 1 atom stereocenters. The summed E-state index contributed by atoms with van der Waals surface area (Å²) in [5, 5.41) is 15.7. The van der Waals surface area contributed by atoms with E-state index in [2.05, 4.69) is 27.4 Å². The Kier molecular flexibility index (Phi) is 11.6. The third kappa shape index (κ3) is 8.58. The number of carbonyl (C=O) groups excluding carboxylic acids is 3. The molecule has 0 fully saturated rings. The van der Waals surface area contributed by atoms with Gasteiger partial charge in [-0.3, -0.25) is 9.59 Å². The molecular formula is C28H31Cl2N5O4S. The normalized spacial score (nSPS) is 11.7. The fourth-order valence-corrected chi connectivity index (χ4v) is 5.09. The van der Waals surface area contributed by atoms with Crippen molar-refractivity contribution >= 4 is 58.4 Å². The topological polar surface area (TPSA) is 115 Å². The Bertz CT molecular complexity index is 1380. The number of nitrogens with one attached hydrogen (secondary N) is 2. The van der Waals surface area contributed by atoms with E-state index in [1.54, 1.807) is 49.4 Å². The van der Waals surface area contributed by atoms with E-state index in [0.717, 1.165) is 0 Å². The third-order valence-corrected chi connectivity index (χ3v) is 7.06. The number of anilines is 1. The molecule has 2 aromatic carbocycles. The van der Waals surface area contributed by atoms with Crippen LogP contribution in [0.4, 0.5) is 5.69 Å². The average Bonchev–Trinajstić information content (AvgIpc) is 3.29. The van der Waals surface area contributed by atoms with Crippen LogP contribution >= 0.6 is 35.0 Å².